The predicted molar refractivity (Wildman–Crippen MR) is 97.3 cm³/mol. The van der Waals surface area contributed by atoms with Gasteiger partial charge in [0.15, 0.2) is 0 Å². The third kappa shape index (κ3) is 4.79. The summed E-state index contributed by atoms with van der Waals surface area (Å²) >= 11 is 5.96. The van der Waals surface area contributed by atoms with Gasteiger partial charge in [0.2, 0.25) is 5.91 Å². The largest absolute Gasteiger partial charge is 0.340 e. The second kappa shape index (κ2) is 8.12. The summed E-state index contributed by atoms with van der Waals surface area (Å²) in [7, 11) is 0. The molecule has 0 saturated heterocycles. The lowest BCUT2D eigenvalue weighted by Crippen LogP contribution is -2.47. The lowest BCUT2D eigenvalue weighted by atomic mass is 10.0. The van der Waals surface area contributed by atoms with Crippen molar-refractivity contribution in [3.8, 4) is 0 Å². The molecule has 0 heterocycles. The molecule has 2 rings (SSSR count). The highest BCUT2D eigenvalue weighted by atomic mass is 35.5. The van der Waals surface area contributed by atoms with Gasteiger partial charge in [0.1, 0.15) is 11.9 Å². The molecular formula is C19H20ClFN2O2. The normalized spacial score (nSPS) is 11.9. The Balaban J connectivity index is 2.17. The van der Waals surface area contributed by atoms with Crippen LogP contribution in [-0.4, -0.2) is 17.9 Å². The van der Waals surface area contributed by atoms with Gasteiger partial charge in [0.05, 0.1) is 5.56 Å². The summed E-state index contributed by atoms with van der Waals surface area (Å²) < 4.78 is 13.8. The molecule has 25 heavy (non-hydrogen) atoms. The van der Waals surface area contributed by atoms with E-state index < -0.39 is 17.8 Å². The van der Waals surface area contributed by atoms with E-state index in [2.05, 4.69) is 10.6 Å². The van der Waals surface area contributed by atoms with Gasteiger partial charge in [-0.3, -0.25) is 9.59 Å². The van der Waals surface area contributed by atoms with Crippen molar-refractivity contribution in [2.24, 2.45) is 5.92 Å². The maximum Gasteiger partial charge on any atom is 0.254 e. The van der Waals surface area contributed by atoms with Gasteiger partial charge in [0, 0.05) is 10.7 Å². The third-order valence-electron chi connectivity index (χ3n) is 3.81. The highest BCUT2D eigenvalue weighted by molar-refractivity contribution is 6.31. The van der Waals surface area contributed by atoms with Crippen LogP contribution >= 0.6 is 11.6 Å². The predicted octanol–water partition coefficient (Wildman–Crippen LogP) is 4.18. The molecule has 0 saturated carbocycles. The van der Waals surface area contributed by atoms with Crippen LogP contribution in [0, 0.1) is 18.7 Å². The van der Waals surface area contributed by atoms with E-state index in [1.807, 2.05) is 6.92 Å². The highest BCUT2D eigenvalue weighted by Gasteiger charge is 2.26. The number of hydrogen-bond donors (Lipinski definition) is 2. The first-order valence-electron chi connectivity index (χ1n) is 7.92. The molecule has 0 fully saturated rings. The van der Waals surface area contributed by atoms with Crippen molar-refractivity contribution in [3.63, 3.8) is 0 Å². The average Bonchev–Trinajstić information content (AvgIpc) is 2.55. The quantitative estimate of drug-likeness (QED) is 0.838. The number of benzene rings is 2. The summed E-state index contributed by atoms with van der Waals surface area (Å²) in [4.78, 5) is 24.9. The Bertz CT molecular complexity index is 793. The maximum atomic E-state index is 13.8. The molecule has 2 aromatic carbocycles. The van der Waals surface area contributed by atoms with Crippen molar-refractivity contribution >= 4 is 29.1 Å². The van der Waals surface area contributed by atoms with Crippen molar-refractivity contribution in [3.05, 3.63) is 64.4 Å². The molecule has 2 aromatic rings. The number of aryl methyl sites for hydroxylation is 1. The fourth-order valence-corrected chi connectivity index (χ4v) is 2.51. The van der Waals surface area contributed by atoms with Gasteiger partial charge in [-0.2, -0.15) is 0 Å². The second-order valence-corrected chi connectivity index (χ2v) is 6.56. The van der Waals surface area contributed by atoms with E-state index in [1.165, 1.54) is 18.2 Å². The van der Waals surface area contributed by atoms with Gasteiger partial charge in [-0.05, 0) is 42.7 Å². The number of carbonyl (C=O) groups excluding carboxylic acids is 2. The van der Waals surface area contributed by atoms with Crippen molar-refractivity contribution in [2.75, 3.05) is 5.32 Å². The first kappa shape index (κ1) is 18.9. The number of halogens is 2. The smallest absolute Gasteiger partial charge is 0.254 e. The van der Waals surface area contributed by atoms with Gasteiger partial charge in [0.25, 0.3) is 5.91 Å². The summed E-state index contributed by atoms with van der Waals surface area (Å²) in [5.41, 5.74) is 1.32. The Hall–Kier alpha value is -2.40. The molecule has 2 amide bonds. The molecule has 0 aromatic heterocycles. The number of carbonyl (C=O) groups is 2. The molecule has 0 aliphatic heterocycles. The summed E-state index contributed by atoms with van der Waals surface area (Å²) in [6, 6.07) is 10.00. The molecule has 0 aliphatic rings. The van der Waals surface area contributed by atoms with Gasteiger partial charge in [-0.1, -0.05) is 43.6 Å². The molecule has 1 atom stereocenters. The van der Waals surface area contributed by atoms with Crippen LogP contribution in [0.1, 0.15) is 29.8 Å². The fourth-order valence-electron chi connectivity index (χ4n) is 2.34. The van der Waals surface area contributed by atoms with Crippen molar-refractivity contribution < 1.29 is 14.0 Å². The van der Waals surface area contributed by atoms with Crippen LogP contribution in [0.3, 0.4) is 0 Å². The van der Waals surface area contributed by atoms with Crippen molar-refractivity contribution in [1.82, 2.24) is 5.32 Å². The van der Waals surface area contributed by atoms with Crippen molar-refractivity contribution in [2.45, 2.75) is 26.8 Å². The van der Waals surface area contributed by atoms with Gasteiger partial charge in [-0.15, -0.1) is 0 Å². The Morgan fingerprint density at radius 2 is 1.80 bits per heavy atom. The minimum atomic E-state index is -0.814. The number of rotatable bonds is 5. The summed E-state index contributed by atoms with van der Waals surface area (Å²) in [5, 5.41) is 5.87. The zero-order chi connectivity index (χ0) is 18.6. The van der Waals surface area contributed by atoms with E-state index in [0.717, 1.165) is 5.56 Å². The van der Waals surface area contributed by atoms with Crippen molar-refractivity contribution in [1.29, 1.82) is 0 Å². The lowest BCUT2D eigenvalue weighted by Gasteiger charge is -2.22. The van der Waals surface area contributed by atoms with Gasteiger partial charge >= 0.3 is 0 Å². The first-order chi connectivity index (χ1) is 11.8. The highest BCUT2D eigenvalue weighted by Crippen LogP contribution is 2.21. The van der Waals surface area contributed by atoms with E-state index in [9.17, 15) is 14.0 Å². The zero-order valence-corrected chi connectivity index (χ0v) is 15.0. The molecule has 0 bridgehead atoms. The number of anilines is 1. The molecule has 0 aliphatic carbocycles. The Labute approximate surface area is 151 Å². The Morgan fingerprint density at radius 3 is 2.44 bits per heavy atom. The fraction of sp³-hybridized carbons (Fsp3) is 0.263. The second-order valence-electron chi connectivity index (χ2n) is 6.12. The molecule has 0 spiro atoms. The van der Waals surface area contributed by atoms with Crippen LogP contribution in [0.2, 0.25) is 5.02 Å². The van der Waals surface area contributed by atoms with E-state index in [0.29, 0.717) is 10.7 Å². The first-order valence-corrected chi connectivity index (χ1v) is 8.29. The van der Waals surface area contributed by atoms with E-state index in [4.69, 9.17) is 11.6 Å². The van der Waals surface area contributed by atoms with Crippen LogP contribution in [-0.2, 0) is 4.79 Å². The molecule has 0 radical (unpaired) electrons. The topological polar surface area (TPSA) is 58.2 Å². The van der Waals surface area contributed by atoms with Gasteiger partial charge < -0.3 is 10.6 Å². The van der Waals surface area contributed by atoms with E-state index in [-0.39, 0.29) is 17.4 Å². The zero-order valence-electron chi connectivity index (χ0n) is 14.3. The van der Waals surface area contributed by atoms with Crippen LogP contribution in [0.25, 0.3) is 0 Å². The molecule has 0 unspecified atom stereocenters. The average molecular weight is 363 g/mol. The number of amides is 2. The van der Waals surface area contributed by atoms with Crippen LogP contribution in [0.15, 0.2) is 42.5 Å². The molecule has 4 nitrogen and oxygen atoms in total. The molecular weight excluding hydrogens is 343 g/mol. The Kier molecular flexibility index (Phi) is 6.15. The minimum Gasteiger partial charge on any atom is -0.340 e. The standard InChI is InChI=1S/C19H20ClFN2O2/c1-11(2)17(23-18(24)14-6-4-5-7-15(14)21)19(25)22-16-10-13(20)9-8-12(16)3/h4-11,17H,1-3H3,(H,22,25)(H,23,24)/t17-/m0/s1. The van der Waals surface area contributed by atoms with E-state index in [1.54, 1.807) is 38.1 Å². The third-order valence-corrected chi connectivity index (χ3v) is 4.05. The number of nitrogens with one attached hydrogen (secondary N) is 2. The summed E-state index contributed by atoms with van der Waals surface area (Å²) in [6.07, 6.45) is 0. The molecule has 2 N–H and O–H groups in total. The molecule has 132 valence electrons. The maximum absolute atomic E-state index is 13.8. The van der Waals surface area contributed by atoms with Crippen LogP contribution < -0.4 is 10.6 Å². The van der Waals surface area contributed by atoms with Crippen LogP contribution in [0.5, 0.6) is 0 Å². The molecule has 6 heteroatoms. The minimum absolute atomic E-state index is 0.0973. The monoisotopic (exact) mass is 362 g/mol. The van der Waals surface area contributed by atoms with E-state index >= 15 is 0 Å². The van der Waals surface area contributed by atoms with Crippen LogP contribution in [0.4, 0.5) is 10.1 Å². The SMILES string of the molecule is Cc1ccc(Cl)cc1NC(=O)[C@@H](NC(=O)c1ccccc1F)C(C)C. The summed E-state index contributed by atoms with van der Waals surface area (Å²) in [5.74, 6) is -1.83. The lowest BCUT2D eigenvalue weighted by molar-refractivity contribution is -0.118. The Morgan fingerprint density at radius 1 is 1.12 bits per heavy atom. The number of hydrogen-bond acceptors (Lipinski definition) is 2. The summed E-state index contributed by atoms with van der Waals surface area (Å²) in [6.45, 7) is 5.45. The van der Waals surface area contributed by atoms with Gasteiger partial charge in [-0.25, -0.2) is 4.39 Å².